The van der Waals surface area contributed by atoms with Gasteiger partial charge in [0.1, 0.15) is 0 Å². The van der Waals surface area contributed by atoms with Crippen LogP contribution < -0.4 is 16.0 Å². The minimum Gasteiger partial charge on any atom is -0.399 e. The molecule has 1 aliphatic heterocycles. The molecule has 5 heteroatoms. The fraction of sp³-hybridized carbons (Fsp3) is 0.533. The number of piperazine rings is 1. The van der Waals surface area contributed by atoms with Crippen LogP contribution in [-0.4, -0.2) is 50.6 Å². The smallest absolute Gasteiger partial charge is 0.219 e. The van der Waals surface area contributed by atoms with Gasteiger partial charge in [0.15, 0.2) is 0 Å². The van der Waals surface area contributed by atoms with Crippen LogP contribution in [0.15, 0.2) is 24.3 Å². The van der Waals surface area contributed by atoms with Crippen LogP contribution >= 0.6 is 0 Å². The first-order valence-electron chi connectivity index (χ1n) is 7.22. The van der Waals surface area contributed by atoms with Crippen LogP contribution in [0.3, 0.4) is 0 Å². The van der Waals surface area contributed by atoms with Crippen LogP contribution in [0.2, 0.25) is 0 Å². The van der Waals surface area contributed by atoms with Crippen LogP contribution in [0, 0.1) is 0 Å². The normalized spacial score (nSPS) is 16.1. The van der Waals surface area contributed by atoms with Gasteiger partial charge in [0, 0.05) is 51.0 Å². The maximum atomic E-state index is 11.2. The number of carbonyl (C=O) groups excluding carboxylic acids is 1. The quantitative estimate of drug-likeness (QED) is 0.785. The van der Waals surface area contributed by atoms with Gasteiger partial charge < -0.3 is 16.0 Å². The van der Waals surface area contributed by atoms with Gasteiger partial charge in [0.25, 0.3) is 0 Å². The van der Waals surface area contributed by atoms with E-state index in [9.17, 15) is 4.79 Å². The lowest BCUT2D eigenvalue weighted by Gasteiger charge is -2.36. The zero-order valence-corrected chi connectivity index (χ0v) is 12.1. The number of amides is 1. The number of carbonyl (C=O) groups is 1. The topological polar surface area (TPSA) is 61.6 Å². The molecule has 0 unspecified atom stereocenters. The molecule has 1 heterocycles. The van der Waals surface area contributed by atoms with Gasteiger partial charge in [0.2, 0.25) is 5.91 Å². The molecule has 1 aromatic carbocycles. The number of nitrogens with zero attached hydrogens (tertiary/aromatic N) is 2. The lowest BCUT2D eigenvalue weighted by atomic mass is 10.2. The van der Waals surface area contributed by atoms with Crippen molar-refractivity contribution in [2.24, 2.45) is 0 Å². The van der Waals surface area contributed by atoms with E-state index in [1.165, 1.54) is 5.69 Å². The van der Waals surface area contributed by atoms with Crippen LogP contribution in [-0.2, 0) is 4.79 Å². The maximum Gasteiger partial charge on any atom is 0.219 e. The second-order valence-corrected chi connectivity index (χ2v) is 5.20. The molecule has 0 bridgehead atoms. The molecule has 0 spiro atoms. The van der Waals surface area contributed by atoms with Gasteiger partial charge >= 0.3 is 0 Å². The summed E-state index contributed by atoms with van der Waals surface area (Å²) in [5.74, 6) is 0.130. The summed E-state index contributed by atoms with van der Waals surface area (Å²) in [6.07, 6.45) is 1.55. The molecule has 1 aliphatic rings. The Morgan fingerprint density at radius 2 is 1.85 bits per heavy atom. The SMILES string of the molecule is CNC(=O)CCCN1CCN(c2ccc(N)cc2)CC1. The highest BCUT2D eigenvalue weighted by Crippen LogP contribution is 2.18. The van der Waals surface area contributed by atoms with Gasteiger partial charge in [-0.3, -0.25) is 9.69 Å². The van der Waals surface area contributed by atoms with Crippen molar-refractivity contribution >= 4 is 17.3 Å². The Morgan fingerprint density at radius 3 is 2.45 bits per heavy atom. The summed E-state index contributed by atoms with van der Waals surface area (Å²) in [7, 11) is 1.69. The number of anilines is 2. The highest BCUT2D eigenvalue weighted by atomic mass is 16.1. The van der Waals surface area contributed by atoms with Crippen molar-refractivity contribution in [1.82, 2.24) is 10.2 Å². The average molecular weight is 276 g/mol. The lowest BCUT2D eigenvalue weighted by molar-refractivity contribution is -0.120. The van der Waals surface area contributed by atoms with Crippen molar-refractivity contribution < 1.29 is 4.79 Å². The van der Waals surface area contributed by atoms with E-state index in [4.69, 9.17) is 5.73 Å². The van der Waals surface area contributed by atoms with Gasteiger partial charge in [-0.05, 0) is 37.2 Å². The van der Waals surface area contributed by atoms with Crippen LogP contribution in [0.4, 0.5) is 11.4 Å². The van der Waals surface area contributed by atoms with Gasteiger partial charge in [0.05, 0.1) is 0 Å². The largest absolute Gasteiger partial charge is 0.399 e. The van der Waals surface area contributed by atoms with Gasteiger partial charge in [-0.25, -0.2) is 0 Å². The molecule has 0 aliphatic carbocycles. The number of nitrogen functional groups attached to an aromatic ring is 1. The third-order valence-corrected chi connectivity index (χ3v) is 3.79. The summed E-state index contributed by atoms with van der Waals surface area (Å²) in [6, 6.07) is 8.06. The fourth-order valence-corrected chi connectivity index (χ4v) is 2.50. The van der Waals surface area contributed by atoms with E-state index in [2.05, 4.69) is 27.2 Å². The Labute approximate surface area is 120 Å². The van der Waals surface area contributed by atoms with E-state index in [1.807, 2.05) is 12.1 Å². The predicted molar refractivity (Wildman–Crippen MR) is 82.8 cm³/mol. The third-order valence-electron chi connectivity index (χ3n) is 3.79. The third kappa shape index (κ3) is 4.13. The first-order chi connectivity index (χ1) is 9.69. The monoisotopic (exact) mass is 276 g/mol. The Morgan fingerprint density at radius 1 is 1.20 bits per heavy atom. The van der Waals surface area contributed by atoms with Crippen molar-refractivity contribution in [3.63, 3.8) is 0 Å². The number of nitrogens with two attached hydrogens (primary N) is 1. The highest BCUT2D eigenvalue weighted by Gasteiger charge is 2.16. The number of hydrogen-bond donors (Lipinski definition) is 2. The molecule has 0 radical (unpaired) electrons. The van der Waals surface area contributed by atoms with Gasteiger partial charge in [-0.15, -0.1) is 0 Å². The number of nitrogens with one attached hydrogen (secondary N) is 1. The molecule has 0 aromatic heterocycles. The van der Waals surface area contributed by atoms with E-state index in [-0.39, 0.29) is 5.91 Å². The lowest BCUT2D eigenvalue weighted by Crippen LogP contribution is -2.46. The maximum absolute atomic E-state index is 11.2. The molecule has 5 nitrogen and oxygen atoms in total. The molecule has 0 atom stereocenters. The van der Waals surface area contributed by atoms with Crippen molar-refractivity contribution in [2.45, 2.75) is 12.8 Å². The molecular weight excluding hydrogens is 252 g/mol. The molecule has 1 saturated heterocycles. The molecule has 20 heavy (non-hydrogen) atoms. The fourth-order valence-electron chi connectivity index (χ4n) is 2.50. The Kier molecular flexibility index (Phi) is 5.24. The van der Waals surface area contributed by atoms with Gasteiger partial charge in [-0.2, -0.15) is 0 Å². The number of hydrogen-bond acceptors (Lipinski definition) is 4. The van der Waals surface area contributed by atoms with Crippen molar-refractivity contribution in [3.8, 4) is 0 Å². The molecular formula is C15H24N4O. The summed E-state index contributed by atoms with van der Waals surface area (Å²) in [4.78, 5) is 16.0. The standard InChI is InChI=1S/C15H24N4O/c1-17-15(20)3-2-8-18-9-11-19(12-10-18)14-6-4-13(16)5-7-14/h4-7H,2-3,8-12,16H2,1H3,(H,17,20). The zero-order valence-electron chi connectivity index (χ0n) is 12.1. The van der Waals surface area contributed by atoms with Crippen LogP contribution in [0.25, 0.3) is 0 Å². The van der Waals surface area contributed by atoms with Crippen molar-refractivity contribution in [2.75, 3.05) is 50.4 Å². The molecule has 0 saturated carbocycles. The Balaban J connectivity index is 1.72. The summed E-state index contributed by atoms with van der Waals surface area (Å²) in [6.45, 7) is 5.17. The van der Waals surface area contributed by atoms with Crippen molar-refractivity contribution in [1.29, 1.82) is 0 Å². The molecule has 110 valence electrons. The van der Waals surface area contributed by atoms with Crippen molar-refractivity contribution in [3.05, 3.63) is 24.3 Å². The number of rotatable bonds is 5. The Hall–Kier alpha value is -1.75. The summed E-state index contributed by atoms with van der Waals surface area (Å²) in [5.41, 5.74) is 7.76. The second kappa shape index (κ2) is 7.14. The van der Waals surface area contributed by atoms with E-state index in [0.29, 0.717) is 6.42 Å². The second-order valence-electron chi connectivity index (χ2n) is 5.20. The average Bonchev–Trinajstić information content (AvgIpc) is 2.48. The summed E-state index contributed by atoms with van der Waals surface area (Å²) >= 11 is 0. The summed E-state index contributed by atoms with van der Waals surface area (Å²) < 4.78 is 0. The molecule has 1 fully saturated rings. The molecule has 1 amide bonds. The predicted octanol–water partition coefficient (Wildman–Crippen LogP) is 0.917. The van der Waals surface area contributed by atoms with E-state index in [1.54, 1.807) is 7.05 Å². The molecule has 3 N–H and O–H groups in total. The Bertz CT molecular complexity index is 424. The minimum absolute atomic E-state index is 0.130. The zero-order chi connectivity index (χ0) is 14.4. The molecule has 2 rings (SSSR count). The van der Waals surface area contributed by atoms with E-state index in [0.717, 1.165) is 44.8 Å². The first kappa shape index (κ1) is 14.7. The number of benzene rings is 1. The van der Waals surface area contributed by atoms with E-state index >= 15 is 0 Å². The highest BCUT2D eigenvalue weighted by molar-refractivity contribution is 5.75. The minimum atomic E-state index is 0.130. The van der Waals surface area contributed by atoms with Crippen LogP contribution in [0.5, 0.6) is 0 Å². The molecule has 1 aromatic rings. The van der Waals surface area contributed by atoms with Gasteiger partial charge in [-0.1, -0.05) is 0 Å². The van der Waals surface area contributed by atoms with E-state index < -0.39 is 0 Å². The first-order valence-corrected chi connectivity index (χ1v) is 7.22. The van der Waals surface area contributed by atoms with Crippen LogP contribution in [0.1, 0.15) is 12.8 Å². The summed E-state index contributed by atoms with van der Waals surface area (Å²) in [5, 5.41) is 2.66.